The molecule has 2 aromatic rings. The van der Waals surface area contributed by atoms with Crippen LogP contribution in [0.15, 0.2) is 59.6 Å². The number of guanidine groups is 1. The number of nitrogens with one attached hydrogen (secondary N) is 2. The molecule has 0 bridgehead atoms. The molecule has 0 spiro atoms. The first-order chi connectivity index (χ1) is 12.5. The monoisotopic (exact) mass is 356 g/mol. The van der Waals surface area contributed by atoms with E-state index in [0.717, 1.165) is 11.1 Å². The second-order valence-electron chi connectivity index (χ2n) is 6.10. The normalized spacial score (nSPS) is 11.1. The van der Waals surface area contributed by atoms with E-state index in [1.54, 1.807) is 20.2 Å². The Balaban J connectivity index is 1.93. The van der Waals surface area contributed by atoms with Crippen molar-refractivity contribution in [3.63, 3.8) is 0 Å². The number of carbonyl (C=O) groups excluding carboxylic acids is 1. The van der Waals surface area contributed by atoms with E-state index < -0.39 is 0 Å². The Labute approximate surface area is 153 Å². The molecule has 5 nitrogen and oxygen atoms in total. The minimum absolute atomic E-state index is 0.0376. The molecule has 0 aliphatic carbocycles. The number of benzene rings is 2. The van der Waals surface area contributed by atoms with Gasteiger partial charge in [-0.05, 0) is 29.7 Å². The molecule has 138 valence electrons. The SMILES string of the molecule is CN(C)C(=O)CNC(=NCc1ccccc1)NCCc1cccc(F)c1. The quantitative estimate of drug-likeness (QED) is 0.591. The van der Waals surface area contributed by atoms with Crippen LogP contribution in [0.3, 0.4) is 0 Å². The fourth-order valence-corrected chi connectivity index (χ4v) is 2.26. The summed E-state index contributed by atoms with van der Waals surface area (Å²) in [5.74, 6) is 0.278. The lowest BCUT2D eigenvalue weighted by molar-refractivity contribution is -0.127. The Hall–Kier alpha value is -2.89. The number of carbonyl (C=O) groups is 1. The number of amides is 1. The maximum Gasteiger partial charge on any atom is 0.241 e. The molecule has 6 heteroatoms. The van der Waals surface area contributed by atoms with Gasteiger partial charge in [0.05, 0.1) is 13.1 Å². The molecule has 0 aliphatic heterocycles. The molecule has 0 fully saturated rings. The van der Waals surface area contributed by atoms with Gasteiger partial charge in [-0.3, -0.25) is 4.79 Å². The van der Waals surface area contributed by atoms with Crippen LogP contribution in [0.1, 0.15) is 11.1 Å². The van der Waals surface area contributed by atoms with Crippen LogP contribution in [0.2, 0.25) is 0 Å². The second-order valence-corrected chi connectivity index (χ2v) is 6.10. The third-order valence-corrected chi connectivity index (χ3v) is 3.76. The maximum atomic E-state index is 13.2. The summed E-state index contributed by atoms with van der Waals surface area (Å²) in [5, 5.41) is 6.24. The van der Waals surface area contributed by atoms with Crippen LogP contribution in [0.5, 0.6) is 0 Å². The molecule has 0 saturated heterocycles. The topological polar surface area (TPSA) is 56.7 Å². The Morgan fingerprint density at radius 3 is 2.46 bits per heavy atom. The van der Waals surface area contributed by atoms with Crippen molar-refractivity contribution < 1.29 is 9.18 Å². The summed E-state index contributed by atoms with van der Waals surface area (Å²) in [6.45, 7) is 1.25. The summed E-state index contributed by atoms with van der Waals surface area (Å²) in [5.41, 5.74) is 1.99. The van der Waals surface area contributed by atoms with E-state index in [4.69, 9.17) is 0 Å². The third kappa shape index (κ3) is 6.93. The highest BCUT2D eigenvalue weighted by atomic mass is 19.1. The van der Waals surface area contributed by atoms with E-state index >= 15 is 0 Å². The van der Waals surface area contributed by atoms with E-state index in [0.29, 0.717) is 25.5 Å². The minimum atomic E-state index is -0.241. The van der Waals surface area contributed by atoms with Gasteiger partial charge in [0, 0.05) is 20.6 Å². The van der Waals surface area contributed by atoms with Crippen molar-refractivity contribution in [2.24, 2.45) is 4.99 Å². The van der Waals surface area contributed by atoms with Crippen LogP contribution in [-0.4, -0.2) is 44.0 Å². The molecule has 0 aromatic heterocycles. The van der Waals surface area contributed by atoms with Crippen molar-refractivity contribution in [2.45, 2.75) is 13.0 Å². The first-order valence-electron chi connectivity index (χ1n) is 8.55. The highest BCUT2D eigenvalue weighted by Crippen LogP contribution is 2.03. The van der Waals surface area contributed by atoms with Crippen LogP contribution in [-0.2, 0) is 17.8 Å². The molecule has 2 N–H and O–H groups in total. The standard InChI is InChI=1S/C20H25FN4O/c1-25(2)19(26)15-24-20(23-14-17-7-4-3-5-8-17)22-12-11-16-9-6-10-18(21)13-16/h3-10,13H,11-12,14-15H2,1-2H3,(H2,22,23,24). The zero-order valence-electron chi connectivity index (χ0n) is 15.2. The van der Waals surface area contributed by atoms with Crippen LogP contribution < -0.4 is 10.6 Å². The molecule has 0 heterocycles. The number of aliphatic imine (C=N–C) groups is 1. The van der Waals surface area contributed by atoms with Gasteiger partial charge in [-0.2, -0.15) is 0 Å². The summed E-state index contributed by atoms with van der Waals surface area (Å²) in [6.07, 6.45) is 0.658. The van der Waals surface area contributed by atoms with E-state index in [9.17, 15) is 9.18 Å². The lowest BCUT2D eigenvalue weighted by Crippen LogP contribution is -2.43. The largest absolute Gasteiger partial charge is 0.356 e. The zero-order chi connectivity index (χ0) is 18.8. The van der Waals surface area contributed by atoms with Crippen molar-refractivity contribution in [2.75, 3.05) is 27.2 Å². The molecule has 1 amide bonds. The van der Waals surface area contributed by atoms with Crippen molar-refractivity contribution in [3.05, 3.63) is 71.5 Å². The van der Waals surface area contributed by atoms with Crippen molar-refractivity contribution >= 4 is 11.9 Å². The van der Waals surface area contributed by atoms with Gasteiger partial charge in [0.25, 0.3) is 0 Å². The molecule has 0 unspecified atom stereocenters. The number of nitrogens with zero attached hydrogens (tertiary/aromatic N) is 2. The molecule has 0 aliphatic rings. The van der Waals surface area contributed by atoms with Crippen LogP contribution in [0.25, 0.3) is 0 Å². The predicted molar refractivity (Wildman–Crippen MR) is 102 cm³/mol. The van der Waals surface area contributed by atoms with Crippen LogP contribution in [0.4, 0.5) is 4.39 Å². The zero-order valence-corrected chi connectivity index (χ0v) is 15.2. The summed E-state index contributed by atoms with van der Waals surface area (Å²) in [6, 6.07) is 16.4. The average molecular weight is 356 g/mol. The van der Waals surface area contributed by atoms with Gasteiger partial charge >= 0.3 is 0 Å². The summed E-state index contributed by atoms with van der Waals surface area (Å²) in [7, 11) is 3.42. The Morgan fingerprint density at radius 2 is 1.77 bits per heavy atom. The van der Waals surface area contributed by atoms with Gasteiger partial charge in [0.2, 0.25) is 5.91 Å². The Bertz CT molecular complexity index is 732. The summed E-state index contributed by atoms with van der Waals surface area (Å²) in [4.78, 5) is 17.8. The van der Waals surface area contributed by atoms with Gasteiger partial charge in [-0.15, -0.1) is 0 Å². The third-order valence-electron chi connectivity index (χ3n) is 3.76. The van der Waals surface area contributed by atoms with Gasteiger partial charge in [-0.25, -0.2) is 9.38 Å². The number of hydrogen-bond acceptors (Lipinski definition) is 2. The molecular formula is C20H25FN4O. The average Bonchev–Trinajstić information content (AvgIpc) is 2.64. The van der Waals surface area contributed by atoms with Crippen LogP contribution in [0, 0.1) is 5.82 Å². The van der Waals surface area contributed by atoms with E-state index in [-0.39, 0.29) is 18.3 Å². The highest BCUT2D eigenvalue weighted by Gasteiger charge is 2.06. The van der Waals surface area contributed by atoms with Gasteiger partial charge < -0.3 is 15.5 Å². The number of hydrogen-bond donors (Lipinski definition) is 2. The molecule has 0 atom stereocenters. The molecule has 0 saturated carbocycles. The minimum Gasteiger partial charge on any atom is -0.356 e. The Morgan fingerprint density at radius 1 is 1.04 bits per heavy atom. The Kier molecular flexibility index (Phi) is 7.61. The fraction of sp³-hybridized carbons (Fsp3) is 0.300. The van der Waals surface area contributed by atoms with Crippen LogP contribution >= 0.6 is 0 Å². The predicted octanol–water partition coefficient (Wildman–Crippen LogP) is 2.19. The van der Waals surface area contributed by atoms with Crippen molar-refractivity contribution in [3.8, 4) is 0 Å². The fourth-order valence-electron chi connectivity index (χ4n) is 2.26. The van der Waals surface area contributed by atoms with E-state index in [2.05, 4.69) is 15.6 Å². The molecule has 0 radical (unpaired) electrons. The first-order valence-corrected chi connectivity index (χ1v) is 8.55. The van der Waals surface area contributed by atoms with Gasteiger partial charge in [0.1, 0.15) is 5.82 Å². The van der Waals surface area contributed by atoms with E-state index in [1.807, 2.05) is 36.4 Å². The lowest BCUT2D eigenvalue weighted by atomic mass is 10.1. The maximum absolute atomic E-state index is 13.2. The molecule has 2 aromatic carbocycles. The molecular weight excluding hydrogens is 331 g/mol. The van der Waals surface area contributed by atoms with Gasteiger partial charge in [0.15, 0.2) is 5.96 Å². The number of rotatable bonds is 7. The number of halogens is 1. The highest BCUT2D eigenvalue weighted by molar-refractivity contribution is 5.86. The van der Waals surface area contributed by atoms with Gasteiger partial charge in [-0.1, -0.05) is 42.5 Å². The summed E-state index contributed by atoms with van der Waals surface area (Å²) >= 11 is 0. The molecule has 2 rings (SSSR count). The second kappa shape index (κ2) is 10.2. The lowest BCUT2D eigenvalue weighted by Gasteiger charge is -2.15. The summed E-state index contributed by atoms with van der Waals surface area (Å²) < 4.78 is 13.2. The first kappa shape index (κ1) is 19.4. The van der Waals surface area contributed by atoms with Crippen molar-refractivity contribution in [1.82, 2.24) is 15.5 Å². The van der Waals surface area contributed by atoms with Crippen molar-refractivity contribution in [1.29, 1.82) is 0 Å². The number of likely N-dealkylation sites (N-methyl/N-ethyl adjacent to an activating group) is 1. The van der Waals surface area contributed by atoms with E-state index in [1.165, 1.54) is 17.0 Å². The smallest absolute Gasteiger partial charge is 0.241 e. The molecule has 26 heavy (non-hydrogen) atoms.